The lowest BCUT2D eigenvalue weighted by molar-refractivity contribution is 0.389. The fourth-order valence-corrected chi connectivity index (χ4v) is 7.01. The van der Waals surface area contributed by atoms with Gasteiger partial charge in [-0.2, -0.15) is 0 Å². The Hall–Kier alpha value is -3.77. The van der Waals surface area contributed by atoms with Gasteiger partial charge in [0.25, 0.3) is 0 Å². The van der Waals surface area contributed by atoms with Gasteiger partial charge in [-0.25, -0.2) is 0 Å². The smallest absolute Gasteiger partial charge is 0.126 e. The maximum Gasteiger partial charge on any atom is 0.126 e. The van der Waals surface area contributed by atoms with Crippen LogP contribution in [-0.2, 0) is 5.75 Å². The highest BCUT2D eigenvalue weighted by Crippen LogP contribution is 2.62. The molecule has 0 bridgehead atoms. The number of benzene rings is 4. The van der Waals surface area contributed by atoms with Crippen molar-refractivity contribution in [2.45, 2.75) is 22.8 Å². The Morgan fingerprint density at radius 3 is 1.79 bits per heavy atom. The van der Waals surface area contributed by atoms with Gasteiger partial charge >= 0.3 is 0 Å². The van der Waals surface area contributed by atoms with Crippen LogP contribution in [0.3, 0.4) is 0 Å². The number of hydrogen-bond donors (Lipinski definition) is 0. The Morgan fingerprint density at radius 1 is 0.590 bits per heavy atom. The first kappa shape index (κ1) is 26.8. The van der Waals surface area contributed by atoms with Crippen molar-refractivity contribution in [3.63, 3.8) is 0 Å². The molecule has 0 aromatic heterocycles. The number of ether oxygens (including phenoxy) is 5. The number of hydrogen-bond acceptors (Lipinski definition) is 6. The quantitative estimate of drug-likeness (QED) is 0.205. The van der Waals surface area contributed by atoms with Gasteiger partial charge in [-0.15, -0.1) is 11.8 Å². The van der Waals surface area contributed by atoms with E-state index >= 15 is 0 Å². The third-order valence-corrected chi connectivity index (χ3v) is 8.82. The third-order valence-electron chi connectivity index (χ3n) is 7.41. The van der Waals surface area contributed by atoms with E-state index in [2.05, 4.69) is 60.7 Å². The van der Waals surface area contributed by atoms with Crippen LogP contribution in [0.4, 0.5) is 0 Å². The second-order valence-corrected chi connectivity index (χ2v) is 10.6. The van der Waals surface area contributed by atoms with E-state index in [4.69, 9.17) is 23.7 Å². The fraction of sp³-hybridized carbons (Fsp3) is 0.273. The predicted molar refractivity (Wildman–Crippen MR) is 157 cm³/mol. The van der Waals surface area contributed by atoms with E-state index in [9.17, 15) is 0 Å². The maximum atomic E-state index is 6.02. The van der Waals surface area contributed by atoms with Crippen molar-refractivity contribution in [1.29, 1.82) is 0 Å². The first-order valence-corrected chi connectivity index (χ1v) is 13.9. The van der Waals surface area contributed by atoms with Gasteiger partial charge in [-0.3, -0.25) is 0 Å². The molecule has 4 aromatic rings. The minimum Gasteiger partial charge on any atom is -0.497 e. The SMILES string of the molecule is COc1ccc([C@@H]2c3c(OC)cc(OC)cc3C(SCc3ccccc3)[C@H]2c2cc(OC)cc(OC)c2)cc1. The van der Waals surface area contributed by atoms with E-state index in [1.165, 1.54) is 22.3 Å². The first-order valence-electron chi connectivity index (χ1n) is 12.9. The zero-order valence-corrected chi connectivity index (χ0v) is 23.8. The van der Waals surface area contributed by atoms with Crippen LogP contribution in [-0.4, -0.2) is 35.5 Å². The van der Waals surface area contributed by atoms with Gasteiger partial charge in [-0.05, 0) is 52.6 Å². The Morgan fingerprint density at radius 2 is 1.21 bits per heavy atom. The monoisotopic (exact) mass is 542 g/mol. The Labute approximate surface area is 235 Å². The number of rotatable bonds is 10. The summed E-state index contributed by atoms with van der Waals surface area (Å²) in [5, 5.41) is 0.119. The minimum atomic E-state index is 0.0249. The summed E-state index contributed by atoms with van der Waals surface area (Å²) in [7, 11) is 8.51. The third kappa shape index (κ3) is 5.39. The average Bonchev–Trinajstić information content (AvgIpc) is 3.33. The van der Waals surface area contributed by atoms with Crippen LogP contribution in [0.1, 0.15) is 44.9 Å². The summed E-state index contributed by atoms with van der Waals surface area (Å²) in [6.45, 7) is 0. The standard InChI is InChI=1S/C33H34O5S/c1-34-24-13-11-22(12-14-24)30-31(23-15-25(35-2)17-26(16-23)36-3)33(39-20-21-9-7-6-8-10-21)28-18-27(37-4)19-29(38-5)32(28)30/h6-19,30-31,33H,20H2,1-5H3/t30-,31-,33?/m0/s1. The van der Waals surface area contributed by atoms with Gasteiger partial charge in [0, 0.05) is 40.5 Å². The number of thioether (sulfide) groups is 1. The summed E-state index contributed by atoms with van der Waals surface area (Å²) < 4.78 is 28.6. The van der Waals surface area contributed by atoms with Gasteiger partial charge in [0.05, 0.1) is 35.5 Å². The minimum absolute atomic E-state index is 0.0249. The normalized spacial score (nSPS) is 17.8. The molecule has 5 nitrogen and oxygen atoms in total. The summed E-state index contributed by atoms with van der Waals surface area (Å²) in [5.74, 6) is 4.95. The van der Waals surface area contributed by atoms with Gasteiger partial charge in [0.1, 0.15) is 28.7 Å². The molecule has 1 aliphatic carbocycles. The lowest BCUT2D eigenvalue weighted by Crippen LogP contribution is -2.12. The second-order valence-electron chi connectivity index (χ2n) is 9.47. The van der Waals surface area contributed by atoms with E-state index in [1.54, 1.807) is 35.5 Å². The van der Waals surface area contributed by atoms with Gasteiger partial charge in [0.15, 0.2) is 0 Å². The maximum absolute atomic E-state index is 6.02. The molecule has 0 amide bonds. The summed E-state index contributed by atoms with van der Waals surface area (Å²) in [5.41, 5.74) is 6.03. The first-order chi connectivity index (χ1) is 19.1. The number of fused-ring (bicyclic) bond motifs is 1. The van der Waals surface area contributed by atoms with Gasteiger partial charge < -0.3 is 23.7 Å². The molecular formula is C33H34O5S. The topological polar surface area (TPSA) is 46.2 Å². The molecule has 5 rings (SSSR count). The van der Waals surface area contributed by atoms with Crippen LogP contribution in [0.25, 0.3) is 0 Å². The summed E-state index contributed by atoms with van der Waals surface area (Å²) in [6, 6.07) is 29.3. The molecular weight excluding hydrogens is 508 g/mol. The summed E-state index contributed by atoms with van der Waals surface area (Å²) in [4.78, 5) is 0. The lowest BCUT2D eigenvalue weighted by atomic mass is 9.81. The van der Waals surface area contributed by atoms with E-state index < -0.39 is 0 Å². The van der Waals surface area contributed by atoms with Crippen molar-refractivity contribution in [3.8, 4) is 28.7 Å². The molecule has 0 fully saturated rings. The van der Waals surface area contributed by atoms with Crippen molar-refractivity contribution in [3.05, 3.63) is 113 Å². The Bertz CT molecular complexity index is 1380. The molecule has 0 spiro atoms. The van der Waals surface area contributed by atoms with Crippen LogP contribution < -0.4 is 23.7 Å². The fourth-order valence-electron chi connectivity index (χ4n) is 5.55. The Kier molecular flexibility index (Phi) is 8.22. The van der Waals surface area contributed by atoms with Crippen molar-refractivity contribution in [2.75, 3.05) is 35.5 Å². The highest BCUT2D eigenvalue weighted by Gasteiger charge is 2.45. The molecule has 0 aliphatic heterocycles. The molecule has 39 heavy (non-hydrogen) atoms. The van der Waals surface area contributed by atoms with Crippen molar-refractivity contribution < 1.29 is 23.7 Å². The lowest BCUT2D eigenvalue weighted by Gasteiger charge is -2.27. The largest absolute Gasteiger partial charge is 0.497 e. The highest BCUT2D eigenvalue weighted by molar-refractivity contribution is 7.98. The van der Waals surface area contributed by atoms with Crippen LogP contribution in [0.5, 0.6) is 28.7 Å². The second kappa shape index (κ2) is 12.0. The molecule has 0 N–H and O–H groups in total. The number of methoxy groups -OCH3 is 5. The van der Waals surface area contributed by atoms with E-state index in [0.29, 0.717) is 0 Å². The highest BCUT2D eigenvalue weighted by atomic mass is 32.2. The summed E-state index contributed by atoms with van der Waals surface area (Å²) in [6.07, 6.45) is 0. The van der Waals surface area contributed by atoms with Crippen molar-refractivity contribution in [2.24, 2.45) is 0 Å². The van der Waals surface area contributed by atoms with E-state index in [0.717, 1.165) is 40.1 Å². The van der Waals surface area contributed by atoms with Crippen molar-refractivity contribution >= 4 is 11.8 Å². The molecule has 1 aliphatic rings. The summed E-state index contributed by atoms with van der Waals surface area (Å²) >= 11 is 1.94. The molecule has 4 aromatic carbocycles. The van der Waals surface area contributed by atoms with Gasteiger partial charge in [-0.1, -0.05) is 42.5 Å². The average molecular weight is 543 g/mol. The van der Waals surface area contributed by atoms with Crippen LogP contribution in [0, 0.1) is 0 Å². The molecule has 0 saturated carbocycles. The molecule has 202 valence electrons. The van der Waals surface area contributed by atoms with Crippen LogP contribution >= 0.6 is 11.8 Å². The van der Waals surface area contributed by atoms with E-state index in [1.807, 2.05) is 36.0 Å². The van der Waals surface area contributed by atoms with Gasteiger partial charge in [0.2, 0.25) is 0 Å². The zero-order chi connectivity index (χ0) is 27.4. The molecule has 0 radical (unpaired) electrons. The molecule has 0 heterocycles. The van der Waals surface area contributed by atoms with Crippen molar-refractivity contribution in [1.82, 2.24) is 0 Å². The predicted octanol–water partition coefficient (Wildman–Crippen LogP) is 7.63. The van der Waals surface area contributed by atoms with Crippen LogP contribution in [0.15, 0.2) is 84.9 Å². The molecule has 0 saturated heterocycles. The van der Waals surface area contributed by atoms with E-state index in [-0.39, 0.29) is 17.1 Å². The van der Waals surface area contributed by atoms with Crippen LogP contribution in [0.2, 0.25) is 0 Å². The molecule has 3 atom stereocenters. The molecule has 6 heteroatoms. The molecule has 1 unspecified atom stereocenters. The Balaban J connectivity index is 1.73. The zero-order valence-electron chi connectivity index (χ0n) is 23.0.